The Hall–Kier alpha value is -1.60. The molecule has 0 aliphatic rings. The van der Waals surface area contributed by atoms with Crippen molar-refractivity contribution in [3.05, 3.63) is 33.9 Å². The van der Waals surface area contributed by atoms with Crippen LogP contribution in [0.25, 0.3) is 0 Å². The SMILES string of the molecule is CNC(=O)c1ccc(SCC(C)CO)c([N+](=O)[O-])c1. The van der Waals surface area contributed by atoms with Gasteiger partial charge in [-0.25, -0.2) is 0 Å². The molecule has 1 aromatic carbocycles. The smallest absolute Gasteiger partial charge is 0.283 e. The van der Waals surface area contributed by atoms with Gasteiger partial charge in [-0.05, 0) is 18.1 Å². The number of carbonyl (C=O) groups is 1. The second-order valence-electron chi connectivity index (χ2n) is 4.12. The maximum Gasteiger partial charge on any atom is 0.283 e. The lowest BCUT2D eigenvalue weighted by molar-refractivity contribution is -0.387. The number of nitro benzene ring substituents is 1. The molecule has 7 heteroatoms. The molecule has 0 spiro atoms. The minimum atomic E-state index is -0.502. The van der Waals surface area contributed by atoms with Crippen LogP contribution in [0.15, 0.2) is 23.1 Å². The van der Waals surface area contributed by atoms with Gasteiger partial charge in [0.2, 0.25) is 0 Å². The lowest BCUT2D eigenvalue weighted by Gasteiger charge is -2.08. The van der Waals surface area contributed by atoms with Gasteiger partial charge in [0, 0.05) is 31.0 Å². The van der Waals surface area contributed by atoms with Crippen molar-refractivity contribution in [1.82, 2.24) is 5.32 Å². The molecule has 1 unspecified atom stereocenters. The van der Waals surface area contributed by atoms with Gasteiger partial charge in [-0.1, -0.05) is 6.92 Å². The molecule has 104 valence electrons. The van der Waals surface area contributed by atoms with Crippen molar-refractivity contribution < 1.29 is 14.8 Å². The summed E-state index contributed by atoms with van der Waals surface area (Å²) in [6, 6.07) is 4.39. The summed E-state index contributed by atoms with van der Waals surface area (Å²) in [4.78, 5) is 22.4. The maximum absolute atomic E-state index is 11.4. The number of hydrogen-bond acceptors (Lipinski definition) is 5. The van der Waals surface area contributed by atoms with E-state index in [2.05, 4.69) is 5.32 Å². The highest BCUT2D eigenvalue weighted by atomic mass is 32.2. The van der Waals surface area contributed by atoms with Crippen molar-refractivity contribution in [1.29, 1.82) is 0 Å². The standard InChI is InChI=1S/C12H16N2O4S/c1-8(6-15)7-19-11-4-3-9(12(16)13-2)5-10(11)14(17)18/h3-5,8,15H,6-7H2,1-2H3,(H,13,16). The Morgan fingerprint density at radius 1 is 1.58 bits per heavy atom. The average molecular weight is 284 g/mol. The number of hydrogen-bond donors (Lipinski definition) is 2. The molecule has 0 heterocycles. The minimum Gasteiger partial charge on any atom is -0.396 e. The minimum absolute atomic E-state index is 0.0388. The highest BCUT2D eigenvalue weighted by Crippen LogP contribution is 2.31. The fourth-order valence-electron chi connectivity index (χ4n) is 1.35. The van der Waals surface area contributed by atoms with Crippen molar-refractivity contribution in [2.24, 2.45) is 5.92 Å². The monoisotopic (exact) mass is 284 g/mol. The number of nitrogens with one attached hydrogen (secondary N) is 1. The van der Waals surface area contributed by atoms with Crippen LogP contribution in [-0.2, 0) is 0 Å². The van der Waals surface area contributed by atoms with E-state index in [1.165, 1.54) is 24.9 Å². The summed E-state index contributed by atoms with van der Waals surface area (Å²) in [7, 11) is 1.47. The quantitative estimate of drug-likeness (QED) is 0.471. The van der Waals surface area contributed by atoms with Gasteiger partial charge in [0.05, 0.1) is 9.82 Å². The Morgan fingerprint density at radius 3 is 2.79 bits per heavy atom. The van der Waals surface area contributed by atoms with Gasteiger partial charge in [-0.2, -0.15) is 0 Å². The second-order valence-corrected chi connectivity index (χ2v) is 5.18. The molecule has 6 nitrogen and oxygen atoms in total. The molecule has 1 atom stereocenters. The fourth-order valence-corrected chi connectivity index (χ4v) is 2.37. The molecule has 1 aromatic rings. The summed E-state index contributed by atoms with van der Waals surface area (Å²) >= 11 is 1.30. The van der Waals surface area contributed by atoms with Crippen molar-refractivity contribution in [3.8, 4) is 0 Å². The molecule has 0 aromatic heterocycles. The summed E-state index contributed by atoms with van der Waals surface area (Å²) in [5.74, 6) is 0.281. The summed E-state index contributed by atoms with van der Waals surface area (Å²) in [6.07, 6.45) is 0. The maximum atomic E-state index is 11.4. The summed E-state index contributed by atoms with van der Waals surface area (Å²) in [5.41, 5.74) is 0.171. The normalized spacial score (nSPS) is 11.9. The molecular formula is C12H16N2O4S. The van der Waals surface area contributed by atoms with E-state index in [-0.39, 0.29) is 29.7 Å². The third-order valence-electron chi connectivity index (χ3n) is 2.48. The van der Waals surface area contributed by atoms with Crippen LogP contribution in [0.4, 0.5) is 5.69 Å². The average Bonchev–Trinajstić information content (AvgIpc) is 2.43. The van der Waals surface area contributed by atoms with Crippen molar-refractivity contribution >= 4 is 23.4 Å². The number of aliphatic hydroxyl groups excluding tert-OH is 1. The zero-order valence-corrected chi connectivity index (χ0v) is 11.6. The summed E-state index contributed by atoms with van der Waals surface area (Å²) < 4.78 is 0. The van der Waals surface area contributed by atoms with Gasteiger partial charge >= 0.3 is 0 Å². The largest absolute Gasteiger partial charge is 0.396 e. The van der Waals surface area contributed by atoms with E-state index in [0.717, 1.165) is 0 Å². The summed E-state index contributed by atoms with van der Waals surface area (Å²) in [6.45, 7) is 1.90. The van der Waals surface area contributed by atoms with Gasteiger partial charge in [0.15, 0.2) is 0 Å². The molecule has 0 bridgehead atoms. The molecule has 2 N–H and O–H groups in total. The molecule has 0 fully saturated rings. The number of aliphatic hydroxyl groups is 1. The molecule has 1 rings (SSSR count). The van der Waals surface area contributed by atoms with Gasteiger partial charge in [0.25, 0.3) is 11.6 Å². The van der Waals surface area contributed by atoms with Gasteiger partial charge in [-0.15, -0.1) is 11.8 Å². The number of amides is 1. The third kappa shape index (κ3) is 4.22. The molecule has 0 aliphatic heterocycles. The fraction of sp³-hybridized carbons (Fsp3) is 0.417. The summed E-state index contributed by atoms with van der Waals surface area (Å²) in [5, 5.41) is 22.4. The predicted octanol–water partition coefficient (Wildman–Crippen LogP) is 1.67. The molecular weight excluding hydrogens is 268 g/mol. The topological polar surface area (TPSA) is 92.5 Å². The van der Waals surface area contributed by atoms with Gasteiger partial charge < -0.3 is 10.4 Å². The molecule has 19 heavy (non-hydrogen) atoms. The lowest BCUT2D eigenvalue weighted by atomic mass is 10.2. The lowest BCUT2D eigenvalue weighted by Crippen LogP contribution is -2.17. The van der Waals surface area contributed by atoms with E-state index >= 15 is 0 Å². The van der Waals surface area contributed by atoms with Crippen LogP contribution in [0.5, 0.6) is 0 Å². The van der Waals surface area contributed by atoms with E-state index in [4.69, 9.17) is 5.11 Å². The zero-order valence-electron chi connectivity index (χ0n) is 10.8. The van der Waals surface area contributed by atoms with E-state index in [1.807, 2.05) is 6.92 Å². The first-order valence-electron chi connectivity index (χ1n) is 5.73. The van der Waals surface area contributed by atoms with Crippen molar-refractivity contribution in [2.75, 3.05) is 19.4 Å². The molecule has 0 saturated heterocycles. The van der Waals surface area contributed by atoms with Gasteiger partial charge in [0.1, 0.15) is 0 Å². The van der Waals surface area contributed by atoms with Crippen LogP contribution in [0.2, 0.25) is 0 Å². The van der Waals surface area contributed by atoms with Gasteiger partial charge in [-0.3, -0.25) is 14.9 Å². The first-order valence-corrected chi connectivity index (χ1v) is 6.72. The molecule has 1 amide bonds. The Balaban J connectivity index is 2.98. The number of nitro groups is 1. The first kappa shape index (κ1) is 15.5. The van der Waals surface area contributed by atoms with Crippen LogP contribution in [0.3, 0.4) is 0 Å². The molecule has 0 saturated carbocycles. The van der Waals surface area contributed by atoms with E-state index in [1.54, 1.807) is 12.1 Å². The van der Waals surface area contributed by atoms with Crippen molar-refractivity contribution in [2.45, 2.75) is 11.8 Å². The van der Waals surface area contributed by atoms with E-state index < -0.39 is 4.92 Å². The Labute approximate surface area is 115 Å². The first-order chi connectivity index (χ1) is 8.99. The highest BCUT2D eigenvalue weighted by molar-refractivity contribution is 7.99. The van der Waals surface area contributed by atoms with Crippen LogP contribution in [0, 0.1) is 16.0 Å². The predicted molar refractivity (Wildman–Crippen MR) is 73.5 cm³/mol. The Morgan fingerprint density at radius 2 is 2.26 bits per heavy atom. The highest BCUT2D eigenvalue weighted by Gasteiger charge is 2.18. The molecule has 0 radical (unpaired) electrons. The van der Waals surface area contributed by atoms with Crippen molar-refractivity contribution in [3.63, 3.8) is 0 Å². The number of rotatable bonds is 6. The number of benzene rings is 1. The van der Waals surface area contributed by atoms with Crippen LogP contribution < -0.4 is 5.32 Å². The Kier molecular flexibility index (Phi) is 5.78. The Bertz CT molecular complexity index is 479. The van der Waals surface area contributed by atoms with Crippen LogP contribution >= 0.6 is 11.8 Å². The van der Waals surface area contributed by atoms with E-state index in [9.17, 15) is 14.9 Å². The third-order valence-corrected chi connectivity index (χ3v) is 3.87. The second kappa shape index (κ2) is 7.10. The van der Waals surface area contributed by atoms with E-state index in [0.29, 0.717) is 10.6 Å². The number of carbonyl (C=O) groups excluding carboxylic acids is 1. The van der Waals surface area contributed by atoms with Crippen LogP contribution in [-0.4, -0.2) is 35.3 Å². The number of nitrogens with zero attached hydrogens (tertiary/aromatic N) is 1. The number of thioether (sulfide) groups is 1. The zero-order chi connectivity index (χ0) is 14.4. The molecule has 0 aliphatic carbocycles. The van der Waals surface area contributed by atoms with Crippen LogP contribution in [0.1, 0.15) is 17.3 Å².